The zero-order valence-electron chi connectivity index (χ0n) is 14.7. The topological polar surface area (TPSA) is 79.6 Å². The summed E-state index contributed by atoms with van der Waals surface area (Å²) in [7, 11) is 0. The Kier molecular flexibility index (Phi) is 6.60. The molecule has 0 atom stereocenters. The number of benzene rings is 1. The molecule has 1 aliphatic carbocycles. The maximum absolute atomic E-state index is 10.7. The van der Waals surface area contributed by atoms with E-state index >= 15 is 0 Å². The van der Waals surface area contributed by atoms with Crippen LogP contribution in [0, 0.1) is 10.1 Å². The lowest BCUT2D eigenvalue weighted by Crippen LogP contribution is -2.43. The Morgan fingerprint density at radius 3 is 2.65 bits per heavy atom. The Bertz CT molecular complexity index is 723. The first kappa shape index (κ1) is 18.4. The number of non-ortho nitro benzene ring substituents is 1. The van der Waals surface area contributed by atoms with Crippen LogP contribution in [-0.4, -0.2) is 23.5 Å². The standard InChI is InChI=1S/C19H24N4O2S/c24-23(25)17-9-7-15(8-10-17)14-21-19(22-16-4-1-2-5-16)20-12-11-18-6-3-13-26-18/h3,6-10,13,16H,1-2,4-5,11-12,14H2,(H2,20,21,22). The fourth-order valence-electron chi connectivity index (χ4n) is 3.07. The molecule has 1 saturated carbocycles. The average Bonchev–Trinajstić information content (AvgIpc) is 3.34. The molecule has 0 radical (unpaired) electrons. The molecule has 2 aromatic rings. The maximum Gasteiger partial charge on any atom is 0.269 e. The highest BCUT2D eigenvalue weighted by Gasteiger charge is 2.16. The minimum atomic E-state index is -0.383. The van der Waals surface area contributed by atoms with Crippen molar-refractivity contribution in [3.8, 4) is 0 Å². The third-order valence-corrected chi connectivity index (χ3v) is 5.44. The van der Waals surface area contributed by atoms with Crippen LogP contribution in [0.1, 0.15) is 36.1 Å². The first-order valence-electron chi connectivity index (χ1n) is 9.01. The molecule has 1 aliphatic rings. The summed E-state index contributed by atoms with van der Waals surface area (Å²) in [6.45, 7) is 1.33. The average molecular weight is 372 g/mol. The number of aliphatic imine (C=N–C) groups is 1. The van der Waals surface area contributed by atoms with E-state index in [-0.39, 0.29) is 10.6 Å². The van der Waals surface area contributed by atoms with E-state index < -0.39 is 0 Å². The summed E-state index contributed by atoms with van der Waals surface area (Å²) in [4.78, 5) is 16.4. The monoisotopic (exact) mass is 372 g/mol. The van der Waals surface area contributed by atoms with Gasteiger partial charge in [0.2, 0.25) is 0 Å². The maximum atomic E-state index is 10.7. The van der Waals surface area contributed by atoms with Gasteiger partial charge in [0.1, 0.15) is 0 Å². The molecule has 1 fully saturated rings. The molecule has 0 amide bonds. The Labute approximate surface area is 157 Å². The molecule has 6 nitrogen and oxygen atoms in total. The minimum Gasteiger partial charge on any atom is -0.356 e. The van der Waals surface area contributed by atoms with Crippen LogP contribution in [0.5, 0.6) is 0 Å². The molecule has 7 heteroatoms. The highest BCUT2D eigenvalue weighted by Crippen LogP contribution is 2.17. The summed E-state index contributed by atoms with van der Waals surface area (Å²) in [5.74, 6) is 0.826. The first-order valence-corrected chi connectivity index (χ1v) is 9.89. The van der Waals surface area contributed by atoms with E-state index in [0.29, 0.717) is 12.6 Å². The van der Waals surface area contributed by atoms with Crippen molar-refractivity contribution in [1.29, 1.82) is 0 Å². The van der Waals surface area contributed by atoms with Crippen LogP contribution in [0.15, 0.2) is 46.8 Å². The summed E-state index contributed by atoms with van der Waals surface area (Å²) >= 11 is 1.77. The number of rotatable bonds is 7. The van der Waals surface area contributed by atoms with E-state index in [1.807, 2.05) is 0 Å². The van der Waals surface area contributed by atoms with Crippen molar-refractivity contribution in [2.24, 2.45) is 4.99 Å². The second-order valence-electron chi connectivity index (χ2n) is 6.47. The molecule has 0 spiro atoms. The van der Waals surface area contributed by atoms with Gasteiger partial charge >= 0.3 is 0 Å². The lowest BCUT2D eigenvalue weighted by Gasteiger charge is -2.17. The summed E-state index contributed by atoms with van der Waals surface area (Å²) < 4.78 is 0. The number of nitrogens with one attached hydrogen (secondary N) is 2. The molecule has 0 aliphatic heterocycles. The third kappa shape index (κ3) is 5.56. The molecule has 3 rings (SSSR count). The van der Waals surface area contributed by atoms with Crippen LogP contribution in [-0.2, 0) is 13.0 Å². The number of thiophene rings is 1. The molecule has 0 saturated heterocycles. The number of nitro benzene ring substituents is 1. The predicted molar refractivity (Wildman–Crippen MR) is 106 cm³/mol. The van der Waals surface area contributed by atoms with Gasteiger partial charge in [-0.15, -0.1) is 11.3 Å². The van der Waals surface area contributed by atoms with Crippen molar-refractivity contribution in [3.05, 3.63) is 62.3 Å². The largest absolute Gasteiger partial charge is 0.356 e. The number of nitro groups is 1. The van der Waals surface area contributed by atoms with Gasteiger partial charge in [0, 0.05) is 29.6 Å². The highest BCUT2D eigenvalue weighted by molar-refractivity contribution is 7.09. The fourth-order valence-corrected chi connectivity index (χ4v) is 3.78. The normalized spacial score (nSPS) is 15.2. The van der Waals surface area contributed by atoms with Gasteiger partial charge in [0.25, 0.3) is 5.69 Å². The quantitative estimate of drug-likeness (QED) is 0.335. The van der Waals surface area contributed by atoms with Gasteiger partial charge < -0.3 is 10.6 Å². The van der Waals surface area contributed by atoms with Gasteiger partial charge in [-0.05, 0) is 36.3 Å². The second kappa shape index (κ2) is 9.33. The summed E-state index contributed by atoms with van der Waals surface area (Å²) in [5.41, 5.74) is 1.07. The van der Waals surface area contributed by atoms with Gasteiger partial charge in [-0.1, -0.05) is 31.0 Å². The van der Waals surface area contributed by atoms with Crippen LogP contribution in [0.2, 0.25) is 0 Å². The van der Waals surface area contributed by atoms with E-state index in [9.17, 15) is 10.1 Å². The van der Waals surface area contributed by atoms with Crippen LogP contribution in [0.4, 0.5) is 5.69 Å². The van der Waals surface area contributed by atoms with E-state index in [0.717, 1.165) is 24.5 Å². The van der Waals surface area contributed by atoms with E-state index in [2.05, 4.69) is 33.1 Å². The summed E-state index contributed by atoms with van der Waals surface area (Å²) in [5, 5.41) is 19.8. The van der Waals surface area contributed by atoms with E-state index in [1.165, 1.54) is 42.7 Å². The number of hydrogen-bond donors (Lipinski definition) is 2. The molecule has 2 N–H and O–H groups in total. The lowest BCUT2D eigenvalue weighted by atomic mass is 10.2. The Hall–Kier alpha value is -2.41. The van der Waals surface area contributed by atoms with E-state index in [1.54, 1.807) is 23.5 Å². The summed E-state index contributed by atoms with van der Waals surface area (Å²) in [6, 6.07) is 11.3. The smallest absolute Gasteiger partial charge is 0.269 e. The molecule has 0 unspecified atom stereocenters. The zero-order chi connectivity index (χ0) is 18.2. The molecule has 1 aromatic carbocycles. The van der Waals surface area contributed by atoms with Crippen molar-refractivity contribution < 1.29 is 4.92 Å². The molecule has 0 bridgehead atoms. The Balaban J connectivity index is 1.58. The summed E-state index contributed by atoms with van der Waals surface area (Å²) in [6.07, 6.45) is 5.87. The molecule has 1 heterocycles. The Morgan fingerprint density at radius 1 is 1.23 bits per heavy atom. The highest BCUT2D eigenvalue weighted by atomic mass is 32.1. The van der Waals surface area contributed by atoms with Crippen molar-refractivity contribution in [2.75, 3.05) is 6.54 Å². The Morgan fingerprint density at radius 2 is 2.00 bits per heavy atom. The van der Waals surface area contributed by atoms with Crippen molar-refractivity contribution in [2.45, 2.75) is 44.7 Å². The molecule has 1 aromatic heterocycles. The van der Waals surface area contributed by atoms with Crippen molar-refractivity contribution >= 4 is 23.0 Å². The van der Waals surface area contributed by atoms with Crippen LogP contribution >= 0.6 is 11.3 Å². The van der Waals surface area contributed by atoms with Crippen LogP contribution in [0.25, 0.3) is 0 Å². The molecular formula is C19H24N4O2S. The predicted octanol–water partition coefficient (Wildman–Crippen LogP) is 3.88. The number of hydrogen-bond acceptors (Lipinski definition) is 4. The van der Waals surface area contributed by atoms with Crippen LogP contribution in [0.3, 0.4) is 0 Å². The molecule has 26 heavy (non-hydrogen) atoms. The zero-order valence-corrected chi connectivity index (χ0v) is 15.5. The van der Waals surface area contributed by atoms with Gasteiger partial charge in [-0.25, -0.2) is 4.99 Å². The third-order valence-electron chi connectivity index (χ3n) is 4.51. The SMILES string of the molecule is O=[N+]([O-])c1ccc(CN=C(NCCc2cccs2)NC2CCCC2)cc1. The van der Waals surface area contributed by atoms with Gasteiger partial charge in [0.15, 0.2) is 5.96 Å². The van der Waals surface area contributed by atoms with Crippen molar-refractivity contribution in [3.63, 3.8) is 0 Å². The van der Waals surface area contributed by atoms with Gasteiger partial charge in [-0.2, -0.15) is 0 Å². The minimum absolute atomic E-state index is 0.108. The number of guanidine groups is 1. The van der Waals surface area contributed by atoms with Crippen LogP contribution < -0.4 is 10.6 Å². The van der Waals surface area contributed by atoms with Gasteiger partial charge in [-0.3, -0.25) is 10.1 Å². The second-order valence-corrected chi connectivity index (χ2v) is 7.50. The molecular weight excluding hydrogens is 348 g/mol. The fraction of sp³-hybridized carbons (Fsp3) is 0.421. The molecule has 138 valence electrons. The van der Waals surface area contributed by atoms with E-state index in [4.69, 9.17) is 0 Å². The number of nitrogens with zero attached hydrogens (tertiary/aromatic N) is 2. The first-order chi connectivity index (χ1) is 12.7. The van der Waals surface area contributed by atoms with Gasteiger partial charge in [0.05, 0.1) is 11.5 Å². The van der Waals surface area contributed by atoms with Crippen molar-refractivity contribution in [1.82, 2.24) is 10.6 Å². The lowest BCUT2D eigenvalue weighted by molar-refractivity contribution is -0.384.